The van der Waals surface area contributed by atoms with Crippen LogP contribution >= 0.6 is 22.6 Å². The summed E-state index contributed by atoms with van der Waals surface area (Å²) in [7, 11) is 0. The smallest absolute Gasteiger partial charge is 0.248 e. The van der Waals surface area contributed by atoms with Crippen LogP contribution in [0.5, 0.6) is 0 Å². The zero-order chi connectivity index (χ0) is 27.0. The van der Waals surface area contributed by atoms with Crippen LogP contribution in [-0.4, -0.2) is 66.0 Å². The number of fused-ring (bicyclic) bond motifs is 1. The van der Waals surface area contributed by atoms with E-state index in [2.05, 4.69) is 25.4 Å². The second-order valence-corrected chi connectivity index (χ2v) is 10.1. The van der Waals surface area contributed by atoms with E-state index in [1.807, 2.05) is 34.7 Å². The molecule has 0 aliphatic carbocycles. The first-order chi connectivity index (χ1) is 18.2. The Kier molecular flexibility index (Phi) is 7.15. The number of amides is 2. The first-order valence-electron chi connectivity index (χ1n) is 11.9. The number of aryl methyl sites for hydroxylation is 1. The van der Waals surface area contributed by atoms with E-state index in [9.17, 15) is 18.8 Å². The maximum atomic E-state index is 14.4. The van der Waals surface area contributed by atoms with Crippen molar-refractivity contribution in [2.75, 3.05) is 11.9 Å². The van der Waals surface area contributed by atoms with E-state index in [1.54, 1.807) is 43.6 Å². The van der Waals surface area contributed by atoms with Crippen LogP contribution in [0.3, 0.4) is 0 Å². The molecule has 3 aromatic heterocycles. The molecule has 1 fully saturated rings. The monoisotopic (exact) mass is 627 g/mol. The molecule has 12 heteroatoms. The van der Waals surface area contributed by atoms with Crippen LogP contribution in [0.15, 0.2) is 48.8 Å². The molecule has 0 saturated carbocycles. The lowest BCUT2D eigenvalue weighted by atomic mass is 10.0. The van der Waals surface area contributed by atoms with Crippen molar-refractivity contribution in [3.8, 4) is 11.1 Å². The molecule has 0 unspecified atom stereocenters. The summed E-state index contributed by atoms with van der Waals surface area (Å²) >= 11 is 2.02. The van der Waals surface area contributed by atoms with Gasteiger partial charge >= 0.3 is 0 Å². The number of hydrogen-bond donors (Lipinski definition) is 1. The van der Waals surface area contributed by atoms with Crippen molar-refractivity contribution >= 4 is 56.9 Å². The summed E-state index contributed by atoms with van der Waals surface area (Å²) in [5, 5.41) is 7.65. The molecule has 10 nitrogen and oxygen atoms in total. The predicted octanol–water partition coefficient (Wildman–Crippen LogP) is 3.58. The lowest BCUT2D eigenvalue weighted by Gasteiger charge is -2.23. The number of nitrogens with zero attached hydrogens (tertiary/aromatic N) is 6. The number of rotatable bonds is 6. The van der Waals surface area contributed by atoms with E-state index < -0.39 is 24.0 Å². The fraction of sp³-hybridized carbons (Fsp3) is 0.269. The van der Waals surface area contributed by atoms with Crippen molar-refractivity contribution in [1.82, 2.24) is 29.6 Å². The molecule has 2 amide bonds. The molecule has 0 radical (unpaired) electrons. The highest BCUT2D eigenvalue weighted by Crippen LogP contribution is 2.28. The zero-order valence-electron chi connectivity index (χ0n) is 20.6. The molecule has 194 valence electrons. The Labute approximate surface area is 230 Å². The topological polar surface area (TPSA) is 123 Å². The predicted molar refractivity (Wildman–Crippen MR) is 146 cm³/mol. The van der Waals surface area contributed by atoms with Gasteiger partial charge in [-0.15, -0.1) is 0 Å². The van der Waals surface area contributed by atoms with Gasteiger partial charge < -0.3 is 10.2 Å². The van der Waals surface area contributed by atoms with Crippen LogP contribution in [0.1, 0.15) is 29.7 Å². The van der Waals surface area contributed by atoms with Crippen molar-refractivity contribution in [2.24, 2.45) is 0 Å². The number of carbonyl (C=O) groups is 3. The Bertz CT molecular complexity index is 1560. The zero-order valence-corrected chi connectivity index (χ0v) is 22.7. The lowest BCUT2D eigenvalue weighted by Crippen LogP contribution is -2.44. The van der Waals surface area contributed by atoms with Crippen molar-refractivity contribution in [3.05, 3.63) is 64.0 Å². The van der Waals surface area contributed by atoms with Gasteiger partial charge in [-0.05, 0) is 59.3 Å². The van der Waals surface area contributed by atoms with Crippen LogP contribution in [0.4, 0.5) is 10.2 Å². The summed E-state index contributed by atoms with van der Waals surface area (Å²) in [6, 6.07) is 9.58. The third kappa shape index (κ3) is 5.26. The maximum Gasteiger partial charge on any atom is 0.248 e. The molecule has 2 atom stereocenters. The molecule has 1 aliphatic rings. The van der Waals surface area contributed by atoms with E-state index in [0.29, 0.717) is 26.2 Å². The second-order valence-electron chi connectivity index (χ2n) is 9.04. The van der Waals surface area contributed by atoms with Crippen LogP contribution < -0.4 is 5.32 Å². The number of pyridine rings is 1. The number of benzene rings is 1. The molecule has 1 aromatic carbocycles. The summed E-state index contributed by atoms with van der Waals surface area (Å²) in [6.07, 6.45) is 1.95. The van der Waals surface area contributed by atoms with Gasteiger partial charge in [-0.2, -0.15) is 5.10 Å². The molecule has 38 heavy (non-hydrogen) atoms. The second kappa shape index (κ2) is 10.5. The van der Waals surface area contributed by atoms with Gasteiger partial charge in [0.2, 0.25) is 11.8 Å². The van der Waals surface area contributed by atoms with Gasteiger partial charge in [-0.1, -0.05) is 12.1 Å². The number of Topliss-reactive ketones (excluding diaryl/α,β-unsaturated/α-hetero) is 1. The normalized spacial score (nSPS) is 17.1. The third-order valence-electron chi connectivity index (χ3n) is 6.32. The molecular weight excluding hydrogens is 604 g/mol. The average molecular weight is 627 g/mol. The Morgan fingerprint density at radius 3 is 2.61 bits per heavy atom. The SMILES string of the molecule is CC(=O)c1nn(CC(=O)N2C[C@H](F)C[C@H]2C(=O)Nc2cccc(I)n2)c2ccc(-c3cnc(C)nc3)cc12. The fourth-order valence-corrected chi connectivity index (χ4v) is 4.96. The van der Waals surface area contributed by atoms with Crippen molar-refractivity contribution in [3.63, 3.8) is 0 Å². The number of anilines is 1. The van der Waals surface area contributed by atoms with Gasteiger partial charge in [0.25, 0.3) is 0 Å². The number of nitrogens with one attached hydrogen (secondary N) is 1. The third-order valence-corrected chi connectivity index (χ3v) is 6.92. The number of carbonyl (C=O) groups excluding carboxylic acids is 3. The van der Waals surface area contributed by atoms with Gasteiger partial charge in [0.15, 0.2) is 5.78 Å². The van der Waals surface area contributed by atoms with Gasteiger partial charge in [0.1, 0.15) is 39.8 Å². The van der Waals surface area contributed by atoms with Gasteiger partial charge in [-0.3, -0.25) is 19.1 Å². The first kappa shape index (κ1) is 25.8. The summed E-state index contributed by atoms with van der Waals surface area (Å²) < 4.78 is 16.5. The summed E-state index contributed by atoms with van der Waals surface area (Å²) in [4.78, 5) is 52.6. The molecule has 4 heterocycles. The Balaban J connectivity index is 1.41. The average Bonchev–Trinajstić information content (AvgIpc) is 3.45. The largest absolute Gasteiger partial charge is 0.326 e. The van der Waals surface area contributed by atoms with Gasteiger partial charge in [0.05, 0.1) is 12.1 Å². The molecule has 0 bridgehead atoms. The van der Waals surface area contributed by atoms with Crippen LogP contribution in [0.2, 0.25) is 0 Å². The first-order valence-corrected chi connectivity index (χ1v) is 12.9. The molecule has 4 aromatic rings. The summed E-state index contributed by atoms with van der Waals surface area (Å²) in [5.41, 5.74) is 2.36. The standard InChI is InChI=1S/C26H23FIN7O3/c1-14(36)25-19-8-16(17-10-29-15(2)30-11-17)6-7-20(19)35(33-25)13-24(37)34-12-18(27)9-21(34)26(38)32-23-5-3-4-22(28)31-23/h3-8,10-11,18,21H,9,12-13H2,1-2H3,(H,31,32,38)/t18-,21+/m1/s1. The van der Waals surface area contributed by atoms with E-state index in [0.717, 1.165) is 11.1 Å². The highest BCUT2D eigenvalue weighted by Gasteiger charge is 2.40. The van der Waals surface area contributed by atoms with E-state index in [4.69, 9.17) is 0 Å². The number of halogens is 2. The van der Waals surface area contributed by atoms with E-state index in [1.165, 1.54) is 16.5 Å². The molecule has 1 aliphatic heterocycles. The van der Waals surface area contributed by atoms with Crippen LogP contribution in [0.25, 0.3) is 22.0 Å². The van der Waals surface area contributed by atoms with E-state index in [-0.39, 0.29) is 31.0 Å². The number of likely N-dealkylation sites (tertiary alicyclic amines) is 1. The van der Waals surface area contributed by atoms with Crippen LogP contribution in [0, 0.1) is 10.6 Å². The summed E-state index contributed by atoms with van der Waals surface area (Å²) in [5.74, 6) is -0.268. The number of alkyl halides is 1. The molecule has 1 N–H and O–H groups in total. The molecular formula is C26H23FIN7O3. The van der Waals surface area contributed by atoms with Crippen LogP contribution in [-0.2, 0) is 16.1 Å². The van der Waals surface area contributed by atoms with Gasteiger partial charge in [-0.25, -0.2) is 19.3 Å². The highest BCUT2D eigenvalue weighted by molar-refractivity contribution is 14.1. The Morgan fingerprint density at radius 1 is 1.13 bits per heavy atom. The summed E-state index contributed by atoms with van der Waals surface area (Å²) in [6.45, 7) is 2.74. The highest BCUT2D eigenvalue weighted by atomic mass is 127. The van der Waals surface area contributed by atoms with Crippen molar-refractivity contribution in [2.45, 2.75) is 39.0 Å². The number of aromatic nitrogens is 5. The Morgan fingerprint density at radius 2 is 1.89 bits per heavy atom. The lowest BCUT2D eigenvalue weighted by molar-refractivity contribution is -0.137. The molecule has 5 rings (SSSR count). The number of ketones is 1. The Hall–Kier alpha value is -3.81. The quantitative estimate of drug-likeness (QED) is 0.197. The van der Waals surface area contributed by atoms with E-state index >= 15 is 0 Å². The minimum Gasteiger partial charge on any atom is -0.326 e. The molecule has 0 spiro atoms. The number of hydrogen-bond acceptors (Lipinski definition) is 7. The maximum absolute atomic E-state index is 14.4. The fourth-order valence-electron chi connectivity index (χ4n) is 4.50. The van der Waals surface area contributed by atoms with Crippen molar-refractivity contribution < 1.29 is 18.8 Å². The minimum absolute atomic E-state index is 0.109. The van der Waals surface area contributed by atoms with Crippen molar-refractivity contribution in [1.29, 1.82) is 0 Å². The molecule has 1 saturated heterocycles. The van der Waals surface area contributed by atoms with Gasteiger partial charge in [0, 0.05) is 36.7 Å². The minimum atomic E-state index is -1.33.